The summed E-state index contributed by atoms with van der Waals surface area (Å²) in [5.74, 6) is 0.626. The molecule has 196 valence electrons. The van der Waals surface area contributed by atoms with E-state index in [4.69, 9.17) is 14.2 Å². The van der Waals surface area contributed by atoms with Crippen molar-refractivity contribution < 1.29 is 14.2 Å². The number of fused-ring (bicyclic) bond motifs is 1. The fourth-order valence-electron chi connectivity index (χ4n) is 4.58. The Morgan fingerprint density at radius 1 is 0.821 bits per heavy atom. The predicted molar refractivity (Wildman–Crippen MR) is 150 cm³/mol. The summed E-state index contributed by atoms with van der Waals surface area (Å²) in [5.41, 5.74) is 4.78. The van der Waals surface area contributed by atoms with Crippen LogP contribution in [0.4, 0.5) is 0 Å². The molecule has 1 aromatic heterocycles. The third kappa shape index (κ3) is 6.35. The van der Waals surface area contributed by atoms with Gasteiger partial charge < -0.3 is 14.2 Å². The number of hydrogen-bond donors (Lipinski definition) is 0. The highest BCUT2D eigenvalue weighted by Gasteiger charge is 2.28. The van der Waals surface area contributed by atoms with Crippen LogP contribution in [0.5, 0.6) is 5.75 Å². The molecule has 5 rings (SSSR count). The van der Waals surface area contributed by atoms with E-state index in [9.17, 15) is 10.1 Å². The lowest BCUT2D eigenvalue weighted by atomic mass is 9.97. The van der Waals surface area contributed by atoms with Gasteiger partial charge in [-0.25, -0.2) is 0 Å². The number of hydrogen-bond acceptors (Lipinski definition) is 5. The second-order valence-electron chi connectivity index (χ2n) is 10.0. The summed E-state index contributed by atoms with van der Waals surface area (Å²) in [7, 11) is 0. The first-order valence-electron chi connectivity index (χ1n) is 12.9. The number of pyridine rings is 1. The van der Waals surface area contributed by atoms with Crippen LogP contribution in [0.15, 0.2) is 102 Å². The van der Waals surface area contributed by atoms with Crippen LogP contribution in [0.1, 0.15) is 47.2 Å². The Balaban J connectivity index is 1.49. The van der Waals surface area contributed by atoms with Gasteiger partial charge in [-0.2, -0.15) is 5.26 Å². The molecule has 0 spiro atoms. The van der Waals surface area contributed by atoms with Gasteiger partial charge in [0.25, 0.3) is 5.56 Å². The maximum Gasteiger partial charge on any atom is 0.255 e. The first kappa shape index (κ1) is 26.2. The van der Waals surface area contributed by atoms with Crippen LogP contribution in [0.25, 0.3) is 5.70 Å². The SMILES string of the molecule is CC1(C)C=C(n2cc(COCc3ccccc3)c(COCc3ccccc3)cc2=O)c2cc(C#N)ccc2O1. The van der Waals surface area contributed by atoms with Crippen LogP contribution in [0.2, 0.25) is 0 Å². The van der Waals surface area contributed by atoms with E-state index in [2.05, 4.69) is 6.07 Å². The van der Waals surface area contributed by atoms with E-state index in [0.717, 1.165) is 22.3 Å². The molecule has 3 aromatic carbocycles. The van der Waals surface area contributed by atoms with Crippen molar-refractivity contribution in [2.45, 2.75) is 45.9 Å². The molecule has 2 heterocycles. The summed E-state index contributed by atoms with van der Waals surface area (Å²) < 4.78 is 19.8. The average molecular weight is 519 g/mol. The molecule has 0 N–H and O–H groups in total. The highest BCUT2D eigenvalue weighted by Crippen LogP contribution is 2.37. The van der Waals surface area contributed by atoms with Gasteiger partial charge >= 0.3 is 0 Å². The predicted octanol–water partition coefficient (Wildman–Crippen LogP) is 6.21. The van der Waals surface area contributed by atoms with Crippen molar-refractivity contribution in [3.63, 3.8) is 0 Å². The smallest absolute Gasteiger partial charge is 0.255 e. The molecular formula is C33H30N2O4. The summed E-state index contributed by atoms with van der Waals surface area (Å²) in [4.78, 5) is 13.5. The van der Waals surface area contributed by atoms with Gasteiger partial charge in [-0.1, -0.05) is 60.7 Å². The van der Waals surface area contributed by atoms with Crippen molar-refractivity contribution in [3.8, 4) is 11.8 Å². The minimum Gasteiger partial charge on any atom is -0.483 e. The standard InChI is InChI=1S/C33H30N2O4/c1-33(2)17-30(29-15-26(18-34)13-14-31(29)39-33)35-19-28(23-38-21-25-11-7-4-8-12-25)27(16-32(35)36)22-37-20-24-9-5-3-6-10-24/h3-17,19H,20-23H2,1-2H3. The van der Waals surface area contributed by atoms with E-state index in [1.165, 1.54) is 0 Å². The lowest BCUT2D eigenvalue weighted by Crippen LogP contribution is -2.32. The molecule has 0 aliphatic carbocycles. The first-order valence-corrected chi connectivity index (χ1v) is 12.9. The van der Waals surface area contributed by atoms with Crippen LogP contribution in [-0.4, -0.2) is 10.2 Å². The maximum atomic E-state index is 13.5. The number of nitrogens with zero attached hydrogens (tertiary/aromatic N) is 2. The molecule has 1 aliphatic rings. The Hall–Kier alpha value is -4.44. The van der Waals surface area contributed by atoms with Crippen molar-refractivity contribution in [1.82, 2.24) is 4.57 Å². The molecule has 0 radical (unpaired) electrons. The molecule has 0 saturated carbocycles. The summed E-state index contributed by atoms with van der Waals surface area (Å²) in [6, 6.07) is 28.9. The van der Waals surface area contributed by atoms with Gasteiger partial charge in [0.1, 0.15) is 11.4 Å². The van der Waals surface area contributed by atoms with Crippen LogP contribution >= 0.6 is 0 Å². The molecular weight excluding hydrogens is 488 g/mol. The van der Waals surface area contributed by atoms with Crippen molar-refractivity contribution in [2.75, 3.05) is 0 Å². The summed E-state index contributed by atoms with van der Waals surface area (Å²) >= 11 is 0. The number of benzene rings is 3. The molecule has 0 fully saturated rings. The van der Waals surface area contributed by atoms with Gasteiger partial charge in [-0.15, -0.1) is 0 Å². The summed E-state index contributed by atoms with van der Waals surface area (Å²) in [5, 5.41) is 9.48. The third-order valence-corrected chi connectivity index (χ3v) is 6.47. The van der Waals surface area contributed by atoms with E-state index < -0.39 is 5.60 Å². The fraction of sp³-hybridized carbons (Fsp3) is 0.212. The molecule has 6 heteroatoms. The van der Waals surface area contributed by atoms with Gasteiger partial charge in [0, 0.05) is 23.4 Å². The van der Waals surface area contributed by atoms with Crippen molar-refractivity contribution in [2.24, 2.45) is 0 Å². The minimum atomic E-state index is -0.641. The molecule has 0 atom stereocenters. The number of ether oxygens (including phenoxy) is 3. The van der Waals surface area contributed by atoms with Crippen LogP contribution in [0.3, 0.4) is 0 Å². The second kappa shape index (κ2) is 11.5. The quantitative estimate of drug-likeness (QED) is 0.263. The molecule has 0 bridgehead atoms. The molecule has 4 aromatic rings. The first-order chi connectivity index (χ1) is 18.9. The van der Waals surface area contributed by atoms with Crippen molar-refractivity contribution >= 4 is 5.70 Å². The van der Waals surface area contributed by atoms with E-state index >= 15 is 0 Å². The zero-order chi connectivity index (χ0) is 27.2. The van der Waals surface area contributed by atoms with Gasteiger partial charge in [-0.3, -0.25) is 9.36 Å². The molecule has 0 saturated heterocycles. The molecule has 0 unspecified atom stereocenters. The highest BCUT2D eigenvalue weighted by atomic mass is 16.5. The van der Waals surface area contributed by atoms with Crippen LogP contribution in [0, 0.1) is 11.3 Å². The van der Waals surface area contributed by atoms with E-state index in [1.54, 1.807) is 28.8 Å². The van der Waals surface area contributed by atoms with Gasteiger partial charge in [0.05, 0.1) is 43.8 Å². The van der Waals surface area contributed by atoms with Crippen molar-refractivity contribution in [1.29, 1.82) is 5.26 Å². The average Bonchev–Trinajstić information content (AvgIpc) is 2.94. The lowest BCUT2D eigenvalue weighted by molar-refractivity contribution is 0.0930. The highest BCUT2D eigenvalue weighted by molar-refractivity contribution is 5.74. The maximum absolute atomic E-state index is 13.5. The van der Waals surface area contributed by atoms with Gasteiger partial charge in [-0.05, 0) is 54.8 Å². The Morgan fingerprint density at radius 3 is 2.05 bits per heavy atom. The topological polar surface area (TPSA) is 73.5 Å². The zero-order valence-electron chi connectivity index (χ0n) is 22.1. The molecule has 6 nitrogen and oxygen atoms in total. The summed E-state index contributed by atoms with van der Waals surface area (Å²) in [6.45, 7) is 5.34. The Labute approximate surface area is 228 Å². The Morgan fingerprint density at radius 2 is 1.44 bits per heavy atom. The minimum absolute atomic E-state index is 0.197. The third-order valence-electron chi connectivity index (χ3n) is 6.47. The largest absolute Gasteiger partial charge is 0.483 e. The number of aromatic nitrogens is 1. The van der Waals surface area contributed by atoms with Crippen molar-refractivity contribution in [3.05, 3.63) is 141 Å². The number of nitriles is 1. The van der Waals surface area contributed by atoms with E-state index in [1.807, 2.05) is 86.8 Å². The van der Waals surface area contributed by atoms with Gasteiger partial charge in [0.2, 0.25) is 0 Å². The van der Waals surface area contributed by atoms with E-state index in [-0.39, 0.29) is 12.2 Å². The van der Waals surface area contributed by atoms with Gasteiger partial charge in [0.15, 0.2) is 0 Å². The molecule has 39 heavy (non-hydrogen) atoms. The van der Waals surface area contributed by atoms with Crippen LogP contribution < -0.4 is 10.3 Å². The second-order valence-corrected chi connectivity index (χ2v) is 10.0. The lowest BCUT2D eigenvalue weighted by Gasteiger charge is -2.31. The van der Waals surface area contributed by atoms with E-state index in [0.29, 0.717) is 42.4 Å². The molecule has 0 amide bonds. The number of rotatable bonds is 9. The summed E-state index contributed by atoms with van der Waals surface area (Å²) in [6.07, 6.45) is 3.74. The monoisotopic (exact) mass is 518 g/mol. The zero-order valence-corrected chi connectivity index (χ0v) is 22.1. The fourth-order valence-corrected chi connectivity index (χ4v) is 4.58. The normalized spacial score (nSPS) is 13.6. The van der Waals surface area contributed by atoms with Crippen LogP contribution in [-0.2, 0) is 35.9 Å². The Kier molecular flexibility index (Phi) is 7.74. The Bertz CT molecular complexity index is 1580. The molecule has 1 aliphatic heterocycles.